The Morgan fingerprint density at radius 2 is 2.28 bits per heavy atom. The Kier molecular flexibility index (Phi) is 4.54. The van der Waals surface area contributed by atoms with Gasteiger partial charge in [-0.2, -0.15) is 0 Å². The van der Waals surface area contributed by atoms with Crippen molar-refractivity contribution in [1.29, 1.82) is 0 Å². The minimum atomic E-state index is -0.327. The van der Waals surface area contributed by atoms with Gasteiger partial charge in [-0.3, -0.25) is 0 Å². The van der Waals surface area contributed by atoms with E-state index in [1.54, 1.807) is 12.3 Å². The van der Waals surface area contributed by atoms with Gasteiger partial charge in [0.05, 0.1) is 6.61 Å². The highest BCUT2D eigenvalue weighted by molar-refractivity contribution is 7.13. The van der Waals surface area contributed by atoms with Gasteiger partial charge in [-0.1, -0.05) is 0 Å². The quantitative estimate of drug-likeness (QED) is 0.777. The second-order valence-corrected chi connectivity index (χ2v) is 5.22. The minimum Gasteiger partial charge on any atom is -0.461 e. The molecule has 0 N–H and O–H groups in total. The van der Waals surface area contributed by atoms with Crippen molar-refractivity contribution in [1.82, 2.24) is 9.88 Å². The SMILES string of the molecule is CCOC(=O)c1csc(N2CCCN(C)CC2)n1. The topological polar surface area (TPSA) is 45.7 Å². The second-order valence-electron chi connectivity index (χ2n) is 4.38. The molecule has 0 atom stereocenters. The van der Waals surface area contributed by atoms with Crippen molar-refractivity contribution >= 4 is 22.4 Å². The van der Waals surface area contributed by atoms with Crippen LogP contribution < -0.4 is 4.90 Å². The van der Waals surface area contributed by atoms with E-state index < -0.39 is 0 Å². The molecule has 100 valence electrons. The minimum absolute atomic E-state index is 0.327. The molecule has 0 aromatic carbocycles. The highest BCUT2D eigenvalue weighted by Crippen LogP contribution is 2.22. The van der Waals surface area contributed by atoms with Crippen LogP contribution in [0.1, 0.15) is 23.8 Å². The van der Waals surface area contributed by atoms with E-state index in [9.17, 15) is 4.79 Å². The number of rotatable bonds is 3. The van der Waals surface area contributed by atoms with Crippen LogP contribution in [0.25, 0.3) is 0 Å². The Hall–Kier alpha value is -1.14. The van der Waals surface area contributed by atoms with Gasteiger partial charge in [0.2, 0.25) is 0 Å². The summed E-state index contributed by atoms with van der Waals surface area (Å²) in [6.45, 7) is 6.31. The normalized spacial score (nSPS) is 17.6. The second kappa shape index (κ2) is 6.15. The smallest absolute Gasteiger partial charge is 0.357 e. The van der Waals surface area contributed by atoms with Crippen molar-refractivity contribution in [2.75, 3.05) is 44.7 Å². The van der Waals surface area contributed by atoms with Gasteiger partial charge in [-0.05, 0) is 26.9 Å². The fraction of sp³-hybridized carbons (Fsp3) is 0.667. The van der Waals surface area contributed by atoms with Gasteiger partial charge in [-0.15, -0.1) is 11.3 Å². The number of hydrogen-bond acceptors (Lipinski definition) is 6. The highest BCUT2D eigenvalue weighted by atomic mass is 32.1. The molecule has 1 saturated heterocycles. The zero-order chi connectivity index (χ0) is 13.0. The lowest BCUT2D eigenvalue weighted by Crippen LogP contribution is -2.28. The summed E-state index contributed by atoms with van der Waals surface area (Å²) in [5.41, 5.74) is 0.425. The van der Waals surface area contributed by atoms with Crippen LogP contribution in [0.4, 0.5) is 5.13 Å². The first kappa shape index (κ1) is 13.3. The van der Waals surface area contributed by atoms with Gasteiger partial charge < -0.3 is 14.5 Å². The summed E-state index contributed by atoms with van der Waals surface area (Å²) < 4.78 is 4.95. The molecule has 0 saturated carbocycles. The van der Waals surface area contributed by atoms with E-state index in [0.717, 1.165) is 37.7 Å². The number of carbonyl (C=O) groups is 1. The molecular formula is C12H19N3O2S. The van der Waals surface area contributed by atoms with Gasteiger partial charge in [0.15, 0.2) is 10.8 Å². The van der Waals surface area contributed by atoms with Crippen LogP contribution in [-0.4, -0.2) is 55.7 Å². The first-order valence-electron chi connectivity index (χ1n) is 6.27. The lowest BCUT2D eigenvalue weighted by Gasteiger charge is -2.18. The van der Waals surface area contributed by atoms with Crippen molar-refractivity contribution in [2.45, 2.75) is 13.3 Å². The molecule has 2 rings (SSSR count). The maximum atomic E-state index is 11.6. The molecular weight excluding hydrogens is 250 g/mol. The number of nitrogens with zero attached hydrogens (tertiary/aromatic N) is 3. The number of thiazole rings is 1. The van der Waals surface area contributed by atoms with E-state index in [0.29, 0.717) is 12.3 Å². The van der Waals surface area contributed by atoms with E-state index in [4.69, 9.17) is 4.74 Å². The molecule has 1 aliphatic heterocycles. The highest BCUT2D eigenvalue weighted by Gasteiger charge is 2.18. The standard InChI is InChI=1S/C12H19N3O2S/c1-3-17-11(16)10-9-18-12(13-10)15-6-4-5-14(2)7-8-15/h9H,3-8H2,1-2H3. The van der Waals surface area contributed by atoms with Crippen molar-refractivity contribution in [3.8, 4) is 0 Å². The third-order valence-electron chi connectivity index (χ3n) is 2.97. The monoisotopic (exact) mass is 269 g/mol. The van der Waals surface area contributed by atoms with Crippen LogP contribution in [0.3, 0.4) is 0 Å². The Morgan fingerprint density at radius 3 is 3.06 bits per heavy atom. The lowest BCUT2D eigenvalue weighted by atomic mass is 10.4. The zero-order valence-corrected chi connectivity index (χ0v) is 11.7. The van der Waals surface area contributed by atoms with Gasteiger partial charge in [0, 0.05) is 25.0 Å². The average Bonchev–Trinajstić information content (AvgIpc) is 2.74. The van der Waals surface area contributed by atoms with Gasteiger partial charge in [-0.25, -0.2) is 9.78 Å². The summed E-state index contributed by atoms with van der Waals surface area (Å²) in [7, 11) is 2.13. The molecule has 5 nitrogen and oxygen atoms in total. The van der Waals surface area contributed by atoms with Crippen LogP contribution in [-0.2, 0) is 4.74 Å². The number of likely N-dealkylation sites (N-methyl/N-ethyl adjacent to an activating group) is 1. The van der Waals surface area contributed by atoms with Crippen molar-refractivity contribution < 1.29 is 9.53 Å². The van der Waals surface area contributed by atoms with Crippen LogP contribution in [0.5, 0.6) is 0 Å². The van der Waals surface area contributed by atoms with E-state index in [1.807, 2.05) is 0 Å². The predicted octanol–water partition coefficient (Wildman–Crippen LogP) is 1.46. The van der Waals surface area contributed by atoms with Crippen LogP contribution in [0.2, 0.25) is 0 Å². The summed E-state index contributed by atoms with van der Waals surface area (Å²) in [5.74, 6) is -0.327. The van der Waals surface area contributed by atoms with E-state index >= 15 is 0 Å². The molecule has 1 aromatic rings. The summed E-state index contributed by atoms with van der Waals surface area (Å²) in [4.78, 5) is 20.5. The summed E-state index contributed by atoms with van der Waals surface area (Å²) in [6, 6.07) is 0. The van der Waals surface area contributed by atoms with Gasteiger partial charge in [0.1, 0.15) is 0 Å². The summed E-state index contributed by atoms with van der Waals surface area (Å²) in [5, 5.41) is 2.70. The maximum Gasteiger partial charge on any atom is 0.357 e. The van der Waals surface area contributed by atoms with Crippen LogP contribution in [0, 0.1) is 0 Å². The van der Waals surface area contributed by atoms with Crippen molar-refractivity contribution in [3.63, 3.8) is 0 Å². The van der Waals surface area contributed by atoms with Crippen LogP contribution >= 0.6 is 11.3 Å². The Balaban J connectivity index is 2.02. The number of hydrogen-bond donors (Lipinski definition) is 0. The molecule has 0 unspecified atom stereocenters. The molecule has 1 aromatic heterocycles. The van der Waals surface area contributed by atoms with Gasteiger partial charge in [0.25, 0.3) is 0 Å². The number of carbonyl (C=O) groups excluding carboxylic acids is 1. The zero-order valence-electron chi connectivity index (χ0n) is 10.9. The summed E-state index contributed by atoms with van der Waals surface area (Å²) in [6.07, 6.45) is 1.13. The molecule has 6 heteroatoms. The Morgan fingerprint density at radius 1 is 1.44 bits per heavy atom. The molecule has 2 heterocycles. The molecule has 0 aliphatic carbocycles. The molecule has 1 fully saturated rings. The summed E-state index contributed by atoms with van der Waals surface area (Å²) >= 11 is 1.52. The third-order valence-corrected chi connectivity index (χ3v) is 3.87. The average molecular weight is 269 g/mol. The van der Waals surface area contributed by atoms with E-state index in [1.165, 1.54) is 11.3 Å². The fourth-order valence-electron chi connectivity index (χ4n) is 1.95. The molecule has 0 amide bonds. The number of esters is 1. The van der Waals surface area contributed by atoms with Crippen LogP contribution in [0.15, 0.2) is 5.38 Å². The molecule has 0 radical (unpaired) electrons. The maximum absolute atomic E-state index is 11.6. The fourth-order valence-corrected chi connectivity index (χ4v) is 2.79. The van der Waals surface area contributed by atoms with Crippen molar-refractivity contribution in [2.24, 2.45) is 0 Å². The first-order valence-corrected chi connectivity index (χ1v) is 7.15. The molecule has 0 bridgehead atoms. The third kappa shape index (κ3) is 3.20. The number of ether oxygens (including phenoxy) is 1. The first-order chi connectivity index (χ1) is 8.70. The van der Waals surface area contributed by atoms with Gasteiger partial charge >= 0.3 is 5.97 Å². The molecule has 0 spiro atoms. The molecule has 18 heavy (non-hydrogen) atoms. The largest absolute Gasteiger partial charge is 0.461 e. The van der Waals surface area contributed by atoms with E-state index in [-0.39, 0.29) is 5.97 Å². The Labute approximate surface area is 111 Å². The lowest BCUT2D eigenvalue weighted by molar-refractivity contribution is 0.0520. The number of anilines is 1. The molecule has 1 aliphatic rings. The van der Waals surface area contributed by atoms with E-state index in [2.05, 4.69) is 21.8 Å². The van der Waals surface area contributed by atoms with Crippen molar-refractivity contribution in [3.05, 3.63) is 11.1 Å². The Bertz CT molecular complexity index is 408. The predicted molar refractivity (Wildman–Crippen MR) is 72.4 cm³/mol. The number of aromatic nitrogens is 1.